The lowest BCUT2D eigenvalue weighted by Crippen LogP contribution is -2.54. The van der Waals surface area contributed by atoms with E-state index in [0.29, 0.717) is 15.8 Å². The van der Waals surface area contributed by atoms with Crippen molar-refractivity contribution in [1.82, 2.24) is 5.32 Å². The fourth-order valence-electron chi connectivity index (χ4n) is 2.56. The molecule has 3 rings (SSSR count). The van der Waals surface area contributed by atoms with E-state index in [1.54, 1.807) is 6.07 Å². The highest BCUT2D eigenvalue weighted by atomic mass is 79.9. The first kappa shape index (κ1) is 20.6. The van der Waals surface area contributed by atoms with Gasteiger partial charge in [0.25, 0.3) is 11.8 Å². The summed E-state index contributed by atoms with van der Waals surface area (Å²) in [7, 11) is 0. The molecule has 1 aliphatic rings. The molecule has 2 aromatic carbocycles. The molecule has 6 nitrogen and oxygen atoms in total. The van der Waals surface area contributed by atoms with Crippen molar-refractivity contribution in [2.75, 3.05) is 11.5 Å². The van der Waals surface area contributed by atoms with Crippen molar-refractivity contribution in [1.29, 1.82) is 0 Å². The largest absolute Gasteiger partial charge is 0.478 e. The number of rotatable bonds is 4. The van der Waals surface area contributed by atoms with Gasteiger partial charge in [0.05, 0.1) is 15.2 Å². The molecule has 0 atom stereocenters. The second-order valence-corrected chi connectivity index (χ2v) is 7.00. The molecular weight excluding hydrogens is 467 g/mol. The van der Waals surface area contributed by atoms with Crippen LogP contribution in [0.25, 0.3) is 6.08 Å². The van der Waals surface area contributed by atoms with Crippen LogP contribution >= 0.6 is 27.5 Å². The number of benzene rings is 2. The third-order valence-corrected chi connectivity index (χ3v) is 4.69. The summed E-state index contributed by atoms with van der Waals surface area (Å²) in [5, 5.41) is 2.29. The number of ether oxygens (including phenoxy) is 1. The highest BCUT2D eigenvalue weighted by Crippen LogP contribution is 2.35. The molecule has 29 heavy (non-hydrogen) atoms. The molecule has 1 heterocycles. The summed E-state index contributed by atoms with van der Waals surface area (Å²) in [6.45, 7) is 0.00832. The molecule has 146 valence electrons. The second kappa shape index (κ2) is 8.47. The van der Waals surface area contributed by atoms with E-state index in [2.05, 4.69) is 27.2 Å². The van der Waals surface area contributed by atoms with Crippen LogP contribution in [0.3, 0.4) is 0 Å². The molecule has 1 saturated heterocycles. The Morgan fingerprint density at radius 1 is 1.24 bits per heavy atom. The van der Waals surface area contributed by atoms with Crippen molar-refractivity contribution in [3.8, 4) is 18.1 Å². The number of imide groups is 2. The molecule has 0 saturated carbocycles. The van der Waals surface area contributed by atoms with Crippen LogP contribution < -0.4 is 15.0 Å². The minimum Gasteiger partial charge on any atom is -0.478 e. The maximum atomic E-state index is 13.2. The fraction of sp³-hybridized carbons (Fsp3) is 0.0500. The van der Waals surface area contributed by atoms with Crippen LogP contribution in [-0.4, -0.2) is 24.5 Å². The summed E-state index contributed by atoms with van der Waals surface area (Å²) in [5.41, 5.74) is 0.223. The first-order valence-electron chi connectivity index (χ1n) is 8.04. The van der Waals surface area contributed by atoms with Gasteiger partial charge < -0.3 is 4.74 Å². The predicted octanol–water partition coefficient (Wildman–Crippen LogP) is 3.92. The molecule has 9 heteroatoms. The van der Waals surface area contributed by atoms with Crippen LogP contribution in [0.5, 0.6) is 5.75 Å². The van der Waals surface area contributed by atoms with Crippen LogP contribution in [0.1, 0.15) is 5.56 Å². The highest BCUT2D eigenvalue weighted by molar-refractivity contribution is 9.10. The zero-order chi connectivity index (χ0) is 21.1. The lowest BCUT2D eigenvalue weighted by molar-refractivity contribution is -0.122. The first-order chi connectivity index (χ1) is 13.8. The van der Waals surface area contributed by atoms with Gasteiger partial charge in [0.15, 0.2) is 5.75 Å². The number of urea groups is 1. The van der Waals surface area contributed by atoms with Gasteiger partial charge in [-0.15, -0.1) is 6.42 Å². The lowest BCUT2D eigenvalue weighted by atomic mass is 10.1. The molecule has 0 bridgehead atoms. The first-order valence-corrected chi connectivity index (χ1v) is 9.21. The third kappa shape index (κ3) is 4.31. The average Bonchev–Trinajstić information content (AvgIpc) is 2.66. The Morgan fingerprint density at radius 3 is 2.55 bits per heavy atom. The minimum atomic E-state index is -0.930. The summed E-state index contributed by atoms with van der Waals surface area (Å²) in [6.07, 6.45) is 6.44. The van der Waals surface area contributed by atoms with Crippen LogP contribution in [0.2, 0.25) is 5.02 Å². The number of anilines is 1. The van der Waals surface area contributed by atoms with Crippen LogP contribution in [0, 0.1) is 18.2 Å². The smallest absolute Gasteiger partial charge is 0.335 e. The van der Waals surface area contributed by atoms with Crippen LogP contribution in [0.15, 0.2) is 46.4 Å². The van der Waals surface area contributed by atoms with Crippen molar-refractivity contribution >= 4 is 57.1 Å². The number of halogens is 3. The van der Waals surface area contributed by atoms with Crippen molar-refractivity contribution < 1.29 is 23.5 Å². The number of nitrogens with zero attached hydrogens (tertiary/aromatic N) is 1. The van der Waals surface area contributed by atoms with Crippen molar-refractivity contribution in [2.45, 2.75) is 0 Å². The molecule has 1 fully saturated rings. The fourth-order valence-corrected chi connectivity index (χ4v) is 3.55. The van der Waals surface area contributed by atoms with E-state index in [1.165, 1.54) is 24.3 Å². The molecule has 2 aromatic rings. The SMILES string of the molecule is C#CCOc1c(Cl)cc(/C=C2\C(=O)NC(=O)N(c3ccc(F)cc3)C2=O)cc1Br. The summed E-state index contributed by atoms with van der Waals surface area (Å²) in [4.78, 5) is 37.9. The highest BCUT2D eigenvalue weighted by Gasteiger charge is 2.36. The Hall–Kier alpha value is -3.15. The zero-order valence-electron chi connectivity index (χ0n) is 14.5. The van der Waals surface area contributed by atoms with E-state index >= 15 is 0 Å². The van der Waals surface area contributed by atoms with E-state index in [9.17, 15) is 18.8 Å². The van der Waals surface area contributed by atoms with Gasteiger partial charge >= 0.3 is 6.03 Å². The molecule has 0 aliphatic carbocycles. The standard InChI is InChI=1S/C20H11BrClFN2O4/c1-2-7-29-17-15(21)9-11(10-16(17)22)8-14-18(26)24-20(28)25(19(14)27)13-5-3-12(23)4-6-13/h1,3-6,8-10H,7H2,(H,24,26,28)/b14-8+. The maximum absolute atomic E-state index is 13.2. The van der Waals surface area contributed by atoms with Crippen molar-refractivity contribution in [3.63, 3.8) is 0 Å². The number of terminal acetylenes is 1. The van der Waals surface area contributed by atoms with Gasteiger partial charge in [-0.3, -0.25) is 14.9 Å². The third-order valence-electron chi connectivity index (χ3n) is 3.82. The van der Waals surface area contributed by atoms with Gasteiger partial charge in [-0.25, -0.2) is 14.1 Å². The Bertz CT molecular complexity index is 1070. The molecule has 4 amide bonds. The molecule has 1 N–H and O–H groups in total. The van der Waals surface area contributed by atoms with Gasteiger partial charge in [0, 0.05) is 0 Å². The quantitative estimate of drug-likeness (QED) is 0.411. The number of carbonyl (C=O) groups excluding carboxylic acids is 3. The number of nitrogens with one attached hydrogen (secondary N) is 1. The normalized spacial score (nSPS) is 15.3. The average molecular weight is 478 g/mol. The molecular formula is C20H11BrClFN2O4. The van der Waals surface area contributed by atoms with Crippen LogP contribution in [-0.2, 0) is 9.59 Å². The van der Waals surface area contributed by atoms with E-state index in [-0.39, 0.29) is 22.9 Å². The number of amides is 4. The second-order valence-electron chi connectivity index (χ2n) is 5.74. The summed E-state index contributed by atoms with van der Waals surface area (Å²) < 4.78 is 19.0. The van der Waals surface area contributed by atoms with E-state index in [1.807, 2.05) is 0 Å². The molecule has 0 aromatic heterocycles. The lowest BCUT2D eigenvalue weighted by Gasteiger charge is -2.26. The summed E-state index contributed by atoms with van der Waals surface area (Å²) in [5.74, 6) is 0.383. The number of hydrogen-bond acceptors (Lipinski definition) is 4. The van der Waals surface area contributed by atoms with Crippen LogP contribution in [0.4, 0.5) is 14.9 Å². The predicted molar refractivity (Wildman–Crippen MR) is 109 cm³/mol. The van der Waals surface area contributed by atoms with Gasteiger partial charge in [0.2, 0.25) is 0 Å². The van der Waals surface area contributed by atoms with E-state index in [0.717, 1.165) is 17.0 Å². The van der Waals surface area contributed by atoms with Gasteiger partial charge in [-0.2, -0.15) is 0 Å². The number of hydrogen-bond donors (Lipinski definition) is 1. The van der Waals surface area contributed by atoms with Crippen molar-refractivity contribution in [3.05, 3.63) is 62.8 Å². The zero-order valence-corrected chi connectivity index (χ0v) is 16.9. The summed E-state index contributed by atoms with van der Waals surface area (Å²) in [6, 6.07) is 6.83. The Kier molecular flexibility index (Phi) is 6.01. The Labute approximate surface area is 178 Å². The number of barbiturate groups is 1. The molecule has 0 unspecified atom stereocenters. The number of carbonyl (C=O) groups is 3. The van der Waals surface area contributed by atoms with E-state index < -0.39 is 23.7 Å². The maximum Gasteiger partial charge on any atom is 0.335 e. The molecule has 1 aliphatic heterocycles. The molecule has 0 spiro atoms. The Morgan fingerprint density at radius 2 is 1.93 bits per heavy atom. The molecule has 0 radical (unpaired) electrons. The van der Waals surface area contributed by atoms with Crippen molar-refractivity contribution in [2.24, 2.45) is 0 Å². The Balaban J connectivity index is 1.98. The van der Waals surface area contributed by atoms with E-state index in [4.69, 9.17) is 22.8 Å². The minimum absolute atomic E-state index is 0.00832. The summed E-state index contributed by atoms with van der Waals surface area (Å²) >= 11 is 9.48. The van der Waals surface area contributed by atoms with Gasteiger partial charge in [-0.1, -0.05) is 17.5 Å². The van der Waals surface area contributed by atoms with Gasteiger partial charge in [0.1, 0.15) is 18.0 Å². The topological polar surface area (TPSA) is 75.7 Å². The van der Waals surface area contributed by atoms with Gasteiger partial charge in [-0.05, 0) is 64.0 Å². The monoisotopic (exact) mass is 476 g/mol.